The Hall–Kier alpha value is -3.66. The number of aromatic nitrogens is 2. The number of ether oxygens (including phenoxy) is 2. The van der Waals surface area contributed by atoms with Crippen molar-refractivity contribution in [2.45, 2.75) is 6.42 Å². The first kappa shape index (κ1) is 18.1. The molecule has 0 aliphatic carbocycles. The quantitative estimate of drug-likeness (QED) is 0.491. The van der Waals surface area contributed by atoms with E-state index >= 15 is 0 Å². The van der Waals surface area contributed by atoms with Gasteiger partial charge in [-0.25, -0.2) is 4.68 Å². The molecule has 0 saturated carbocycles. The lowest BCUT2D eigenvalue weighted by atomic mass is 10.1. The van der Waals surface area contributed by atoms with Crippen molar-refractivity contribution in [2.24, 2.45) is 7.05 Å². The summed E-state index contributed by atoms with van der Waals surface area (Å²) in [6.45, 7) is 0.279. The van der Waals surface area contributed by atoms with Crippen molar-refractivity contribution in [3.8, 4) is 11.8 Å². The van der Waals surface area contributed by atoms with Crippen LogP contribution in [0.1, 0.15) is 11.3 Å². The molecule has 0 spiro atoms. The van der Waals surface area contributed by atoms with Gasteiger partial charge in [-0.3, -0.25) is 9.59 Å². The highest BCUT2D eigenvalue weighted by molar-refractivity contribution is 5.86. The second-order valence-electron chi connectivity index (χ2n) is 5.80. The Morgan fingerprint density at radius 1 is 1.11 bits per heavy atom. The van der Waals surface area contributed by atoms with E-state index < -0.39 is 5.97 Å². The van der Waals surface area contributed by atoms with Gasteiger partial charge in [0.15, 0.2) is 0 Å². The molecular formula is C20H17N3O4. The Labute approximate surface area is 155 Å². The highest BCUT2D eigenvalue weighted by atomic mass is 16.6. The summed E-state index contributed by atoms with van der Waals surface area (Å²) in [6, 6.07) is 15.7. The molecule has 1 heterocycles. The number of hydrogen-bond acceptors (Lipinski definition) is 6. The van der Waals surface area contributed by atoms with Gasteiger partial charge < -0.3 is 9.47 Å². The third kappa shape index (κ3) is 4.30. The number of esters is 1. The molecule has 0 unspecified atom stereocenters. The summed E-state index contributed by atoms with van der Waals surface area (Å²) in [5, 5.41) is 14.1. The van der Waals surface area contributed by atoms with Crippen molar-refractivity contribution in [3.63, 3.8) is 0 Å². The molecule has 1 aromatic heterocycles. The van der Waals surface area contributed by atoms with Crippen LogP contribution in [0.5, 0.6) is 5.75 Å². The van der Waals surface area contributed by atoms with E-state index in [1.807, 2.05) is 6.07 Å². The molecule has 27 heavy (non-hydrogen) atoms. The van der Waals surface area contributed by atoms with Crippen molar-refractivity contribution in [3.05, 3.63) is 70.1 Å². The highest BCUT2D eigenvalue weighted by Gasteiger charge is 2.13. The Morgan fingerprint density at radius 2 is 1.81 bits per heavy atom. The standard InChI is InChI=1S/C20H17N3O4/c1-23-20(25)17-5-3-2-4-16(17)18(22-23)12-19(24)27-11-10-26-15-8-6-14(13-21)7-9-15/h2-9H,10-12H2,1H3. The molecule has 0 aliphatic heterocycles. The minimum Gasteiger partial charge on any atom is -0.490 e. The molecule has 0 fully saturated rings. The normalized spacial score (nSPS) is 10.4. The van der Waals surface area contributed by atoms with E-state index in [9.17, 15) is 9.59 Å². The van der Waals surface area contributed by atoms with Gasteiger partial charge in [-0.1, -0.05) is 18.2 Å². The Morgan fingerprint density at radius 3 is 2.52 bits per heavy atom. The van der Waals surface area contributed by atoms with Crippen LogP contribution >= 0.6 is 0 Å². The van der Waals surface area contributed by atoms with Crippen LogP contribution < -0.4 is 10.3 Å². The fourth-order valence-corrected chi connectivity index (χ4v) is 2.63. The minimum atomic E-state index is -0.449. The highest BCUT2D eigenvalue weighted by Crippen LogP contribution is 2.14. The maximum absolute atomic E-state index is 12.1. The number of nitriles is 1. The summed E-state index contributed by atoms with van der Waals surface area (Å²) in [5.41, 5.74) is 0.829. The van der Waals surface area contributed by atoms with Crippen LogP contribution in [0.2, 0.25) is 0 Å². The summed E-state index contributed by atoms with van der Waals surface area (Å²) in [4.78, 5) is 24.2. The third-order valence-electron chi connectivity index (χ3n) is 3.94. The van der Waals surface area contributed by atoms with Crippen molar-refractivity contribution in [1.82, 2.24) is 9.78 Å². The first-order valence-corrected chi connectivity index (χ1v) is 8.32. The summed E-state index contributed by atoms with van der Waals surface area (Å²) in [7, 11) is 1.55. The number of rotatable bonds is 6. The second-order valence-corrected chi connectivity index (χ2v) is 5.80. The molecule has 0 saturated heterocycles. The van der Waals surface area contributed by atoms with Gasteiger partial charge in [0.2, 0.25) is 0 Å². The van der Waals surface area contributed by atoms with Gasteiger partial charge in [0, 0.05) is 12.4 Å². The summed E-state index contributed by atoms with van der Waals surface area (Å²) < 4.78 is 11.9. The summed E-state index contributed by atoms with van der Waals surface area (Å²) in [5.74, 6) is 0.144. The monoisotopic (exact) mass is 363 g/mol. The molecule has 0 N–H and O–H groups in total. The maximum Gasteiger partial charge on any atom is 0.312 e. The number of fused-ring (bicyclic) bond motifs is 1. The number of carbonyl (C=O) groups excluding carboxylic acids is 1. The zero-order chi connectivity index (χ0) is 19.2. The van der Waals surface area contributed by atoms with Gasteiger partial charge >= 0.3 is 5.97 Å². The van der Waals surface area contributed by atoms with Crippen LogP contribution in [0.25, 0.3) is 10.8 Å². The van der Waals surface area contributed by atoms with Gasteiger partial charge in [0.25, 0.3) is 5.56 Å². The molecule has 0 radical (unpaired) electrons. The average Bonchev–Trinajstić information content (AvgIpc) is 2.69. The van der Waals surface area contributed by atoms with E-state index in [2.05, 4.69) is 5.10 Å². The number of nitrogens with zero attached hydrogens (tertiary/aromatic N) is 3. The molecule has 2 aromatic carbocycles. The maximum atomic E-state index is 12.1. The number of aryl methyl sites for hydroxylation is 1. The molecule has 0 atom stereocenters. The topological polar surface area (TPSA) is 94.2 Å². The van der Waals surface area contributed by atoms with Crippen LogP contribution in [0.4, 0.5) is 0 Å². The van der Waals surface area contributed by atoms with Crippen molar-refractivity contribution in [2.75, 3.05) is 13.2 Å². The van der Waals surface area contributed by atoms with Gasteiger partial charge in [0.1, 0.15) is 19.0 Å². The molecular weight excluding hydrogens is 346 g/mol. The van der Waals surface area contributed by atoms with Gasteiger partial charge in [0.05, 0.1) is 29.1 Å². The van der Waals surface area contributed by atoms with E-state index in [4.69, 9.17) is 14.7 Å². The van der Waals surface area contributed by atoms with E-state index in [1.54, 1.807) is 55.6 Å². The molecule has 7 heteroatoms. The van der Waals surface area contributed by atoms with Crippen molar-refractivity contribution in [1.29, 1.82) is 5.26 Å². The zero-order valence-corrected chi connectivity index (χ0v) is 14.7. The lowest BCUT2D eigenvalue weighted by Gasteiger charge is -2.09. The molecule has 3 rings (SSSR count). The summed E-state index contributed by atoms with van der Waals surface area (Å²) >= 11 is 0. The largest absolute Gasteiger partial charge is 0.490 e. The van der Waals surface area contributed by atoms with Gasteiger partial charge in [-0.2, -0.15) is 10.4 Å². The molecule has 7 nitrogen and oxygen atoms in total. The first-order chi connectivity index (χ1) is 13.1. The lowest BCUT2D eigenvalue weighted by Crippen LogP contribution is -2.23. The molecule has 136 valence electrons. The van der Waals surface area contributed by atoms with Crippen LogP contribution in [0, 0.1) is 11.3 Å². The van der Waals surface area contributed by atoms with Crippen LogP contribution in [0.3, 0.4) is 0 Å². The molecule has 0 aliphatic rings. The Bertz CT molecular complexity index is 1070. The molecule has 0 amide bonds. The van der Waals surface area contributed by atoms with E-state index in [0.717, 1.165) is 0 Å². The number of hydrogen-bond donors (Lipinski definition) is 0. The van der Waals surface area contributed by atoms with Crippen LogP contribution in [-0.2, 0) is 23.0 Å². The van der Waals surface area contributed by atoms with Crippen molar-refractivity contribution >= 4 is 16.7 Å². The fourth-order valence-electron chi connectivity index (χ4n) is 2.63. The first-order valence-electron chi connectivity index (χ1n) is 8.32. The number of carbonyl (C=O) groups is 1. The smallest absolute Gasteiger partial charge is 0.312 e. The van der Waals surface area contributed by atoms with E-state index in [-0.39, 0.29) is 25.2 Å². The molecule has 0 bridgehead atoms. The fraction of sp³-hybridized carbons (Fsp3) is 0.200. The predicted molar refractivity (Wildman–Crippen MR) is 98.3 cm³/mol. The number of benzene rings is 2. The van der Waals surface area contributed by atoms with E-state index in [1.165, 1.54) is 4.68 Å². The lowest BCUT2D eigenvalue weighted by molar-refractivity contribution is -0.143. The predicted octanol–water partition coefficient (Wildman–Crippen LogP) is 1.97. The van der Waals surface area contributed by atoms with Crippen LogP contribution in [-0.4, -0.2) is 29.0 Å². The average molecular weight is 363 g/mol. The Balaban J connectivity index is 1.57. The van der Waals surface area contributed by atoms with Gasteiger partial charge in [-0.05, 0) is 30.3 Å². The Kier molecular flexibility index (Phi) is 5.47. The SMILES string of the molecule is Cn1nc(CC(=O)OCCOc2ccc(C#N)cc2)c2ccccc2c1=O. The second kappa shape index (κ2) is 8.15. The third-order valence-corrected chi connectivity index (χ3v) is 3.94. The summed E-state index contributed by atoms with van der Waals surface area (Å²) in [6.07, 6.45) is -0.0362. The minimum absolute atomic E-state index is 0.0362. The van der Waals surface area contributed by atoms with Crippen molar-refractivity contribution < 1.29 is 14.3 Å². The van der Waals surface area contributed by atoms with Crippen LogP contribution in [0.15, 0.2) is 53.3 Å². The van der Waals surface area contributed by atoms with Gasteiger partial charge in [-0.15, -0.1) is 0 Å². The zero-order valence-electron chi connectivity index (χ0n) is 14.7. The van der Waals surface area contributed by atoms with E-state index in [0.29, 0.717) is 27.8 Å². The molecule has 3 aromatic rings.